The van der Waals surface area contributed by atoms with Gasteiger partial charge >= 0.3 is 0 Å². The van der Waals surface area contributed by atoms with E-state index >= 15 is 0 Å². The number of aryl methyl sites for hydroxylation is 2. The molecule has 1 aromatic rings. The quantitative estimate of drug-likeness (QED) is 0.864. The van der Waals surface area contributed by atoms with Crippen molar-refractivity contribution in [2.75, 3.05) is 24.5 Å². The number of nitrogens with one attached hydrogen (secondary N) is 1. The monoisotopic (exact) mass is 260 g/mol. The topological polar surface area (TPSA) is 58.1 Å². The molecule has 0 radical (unpaired) electrons. The van der Waals surface area contributed by atoms with Gasteiger partial charge in [-0.1, -0.05) is 6.92 Å². The molecule has 3 heterocycles. The molecule has 19 heavy (non-hydrogen) atoms. The summed E-state index contributed by atoms with van der Waals surface area (Å²) in [6.07, 6.45) is 2.58. The van der Waals surface area contributed by atoms with Gasteiger partial charge in [0.05, 0.1) is 0 Å². The lowest BCUT2D eigenvalue weighted by Gasteiger charge is -2.22. The van der Waals surface area contributed by atoms with Gasteiger partial charge in [0.15, 0.2) is 0 Å². The van der Waals surface area contributed by atoms with E-state index in [-0.39, 0.29) is 11.3 Å². The summed E-state index contributed by atoms with van der Waals surface area (Å²) in [6, 6.07) is 2.04. The molecular weight excluding hydrogens is 240 g/mol. The highest BCUT2D eigenvalue weighted by molar-refractivity contribution is 5.79. The van der Waals surface area contributed by atoms with Crippen LogP contribution in [0, 0.1) is 12.3 Å². The number of carbonyl (C=O) groups is 1. The number of rotatable bonds is 2. The second-order valence-electron chi connectivity index (χ2n) is 5.76. The maximum absolute atomic E-state index is 11.4. The Morgan fingerprint density at radius 2 is 2.32 bits per heavy atom. The van der Waals surface area contributed by atoms with E-state index in [9.17, 15) is 4.79 Å². The predicted octanol–water partition coefficient (Wildman–Crippen LogP) is 1.06. The van der Waals surface area contributed by atoms with Crippen molar-refractivity contribution in [2.45, 2.75) is 33.1 Å². The zero-order valence-corrected chi connectivity index (χ0v) is 11.6. The second kappa shape index (κ2) is 4.47. The molecule has 0 saturated carbocycles. The molecule has 1 unspecified atom stereocenters. The average molecular weight is 260 g/mol. The van der Waals surface area contributed by atoms with E-state index in [0.717, 1.165) is 49.8 Å². The van der Waals surface area contributed by atoms with Crippen molar-refractivity contribution >= 4 is 11.7 Å². The Hall–Kier alpha value is -1.65. The molecule has 2 saturated heterocycles. The molecule has 1 amide bonds. The van der Waals surface area contributed by atoms with Crippen LogP contribution in [0.5, 0.6) is 0 Å². The van der Waals surface area contributed by atoms with Crippen LogP contribution in [0.4, 0.5) is 5.82 Å². The number of hydrogen-bond acceptors (Lipinski definition) is 4. The molecule has 5 nitrogen and oxygen atoms in total. The van der Waals surface area contributed by atoms with E-state index in [2.05, 4.69) is 27.1 Å². The predicted molar refractivity (Wildman–Crippen MR) is 73.0 cm³/mol. The number of nitrogens with zero attached hydrogens (tertiary/aromatic N) is 3. The second-order valence-corrected chi connectivity index (χ2v) is 5.76. The van der Waals surface area contributed by atoms with E-state index in [1.807, 2.05) is 13.0 Å². The lowest BCUT2D eigenvalue weighted by atomic mass is 9.86. The first-order chi connectivity index (χ1) is 9.10. The number of anilines is 1. The first-order valence-corrected chi connectivity index (χ1v) is 6.96. The third kappa shape index (κ3) is 2.29. The molecule has 2 aliphatic heterocycles. The van der Waals surface area contributed by atoms with Gasteiger partial charge in [0.1, 0.15) is 11.6 Å². The molecule has 5 heteroatoms. The minimum atomic E-state index is 0.127. The number of amides is 1. The highest BCUT2D eigenvalue weighted by atomic mass is 16.1. The summed E-state index contributed by atoms with van der Waals surface area (Å²) in [4.78, 5) is 22.8. The van der Waals surface area contributed by atoms with E-state index in [0.29, 0.717) is 6.42 Å². The van der Waals surface area contributed by atoms with E-state index in [1.165, 1.54) is 0 Å². The van der Waals surface area contributed by atoms with Gasteiger partial charge < -0.3 is 10.2 Å². The van der Waals surface area contributed by atoms with Crippen molar-refractivity contribution < 1.29 is 4.79 Å². The van der Waals surface area contributed by atoms with Crippen molar-refractivity contribution in [3.8, 4) is 0 Å². The van der Waals surface area contributed by atoms with Crippen LogP contribution in [0.2, 0.25) is 0 Å². The fourth-order valence-electron chi connectivity index (χ4n) is 3.10. The molecule has 0 aromatic carbocycles. The van der Waals surface area contributed by atoms with Gasteiger partial charge in [-0.2, -0.15) is 0 Å². The first-order valence-electron chi connectivity index (χ1n) is 6.96. The highest BCUT2D eigenvalue weighted by Crippen LogP contribution is 2.38. The van der Waals surface area contributed by atoms with Crippen LogP contribution < -0.4 is 10.2 Å². The summed E-state index contributed by atoms with van der Waals surface area (Å²) >= 11 is 0. The van der Waals surface area contributed by atoms with Crippen LogP contribution in [-0.4, -0.2) is 35.5 Å². The molecular formula is C14H20N4O. The minimum absolute atomic E-state index is 0.127. The van der Waals surface area contributed by atoms with Gasteiger partial charge in [-0.15, -0.1) is 0 Å². The molecule has 1 N–H and O–H groups in total. The molecule has 0 aliphatic carbocycles. The van der Waals surface area contributed by atoms with Crippen LogP contribution in [0.15, 0.2) is 6.07 Å². The van der Waals surface area contributed by atoms with Gasteiger partial charge in [-0.3, -0.25) is 4.79 Å². The smallest absolute Gasteiger partial charge is 0.220 e. The minimum Gasteiger partial charge on any atom is -0.356 e. The Morgan fingerprint density at radius 1 is 1.47 bits per heavy atom. The number of aromatic nitrogens is 2. The summed E-state index contributed by atoms with van der Waals surface area (Å²) in [5, 5.41) is 2.96. The largest absolute Gasteiger partial charge is 0.356 e. The highest BCUT2D eigenvalue weighted by Gasteiger charge is 2.44. The summed E-state index contributed by atoms with van der Waals surface area (Å²) in [5.74, 6) is 2.10. The average Bonchev–Trinajstić information content (AvgIpc) is 2.96. The van der Waals surface area contributed by atoms with Crippen LogP contribution in [0.25, 0.3) is 0 Å². The van der Waals surface area contributed by atoms with E-state index < -0.39 is 0 Å². The zero-order chi connectivity index (χ0) is 13.5. The van der Waals surface area contributed by atoms with Crippen molar-refractivity contribution in [1.82, 2.24) is 15.3 Å². The summed E-state index contributed by atoms with van der Waals surface area (Å²) in [5.41, 5.74) is 1.14. The van der Waals surface area contributed by atoms with Gasteiger partial charge in [-0.05, 0) is 13.3 Å². The van der Waals surface area contributed by atoms with Gasteiger partial charge in [0.2, 0.25) is 5.91 Å². The molecule has 1 atom stereocenters. The summed E-state index contributed by atoms with van der Waals surface area (Å²) in [7, 11) is 0. The molecule has 1 spiro atoms. The molecule has 3 rings (SSSR count). The Balaban J connectivity index is 1.81. The van der Waals surface area contributed by atoms with Gasteiger partial charge in [0.25, 0.3) is 0 Å². The summed E-state index contributed by atoms with van der Waals surface area (Å²) in [6.45, 7) is 6.80. The lowest BCUT2D eigenvalue weighted by molar-refractivity contribution is -0.119. The van der Waals surface area contributed by atoms with Crippen LogP contribution in [0.3, 0.4) is 0 Å². The van der Waals surface area contributed by atoms with Crippen LogP contribution in [0.1, 0.15) is 31.3 Å². The Bertz CT molecular complexity index is 516. The molecule has 102 valence electrons. The molecule has 0 bridgehead atoms. The SMILES string of the molecule is CCc1nc(C)cc(N2CCC3(CNC(=O)C3)C2)n1. The number of hydrogen-bond donors (Lipinski definition) is 1. The molecule has 1 aromatic heterocycles. The Morgan fingerprint density at radius 3 is 3.00 bits per heavy atom. The third-order valence-electron chi connectivity index (χ3n) is 4.16. The lowest BCUT2D eigenvalue weighted by Crippen LogP contribution is -2.29. The van der Waals surface area contributed by atoms with Crippen LogP contribution in [-0.2, 0) is 11.2 Å². The third-order valence-corrected chi connectivity index (χ3v) is 4.16. The molecule has 2 fully saturated rings. The maximum atomic E-state index is 11.4. The first kappa shape index (κ1) is 12.4. The Kier molecular flexibility index (Phi) is 2.92. The van der Waals surface area contributed by atoms with E-state index in [4.69, 9.17) is 0 Å². The normalized spacial score (nSPS) is 26.2. The van der Waals surface area contributed by atoms with Crippen LogP contribution >= 0.6 is 0 Å². The van der Waals surface area contributed by atoms with Crippen molar-refractivity contribution in [3.63, 3.8) is 0 Å². The Labute approximate surface area is 113 Å². The van der Waals surface area contributed by atoms with Crippen molar-refractivity contribution in [3.05, 3.63) is 17.6 Å². The maximum Gasteiger partial charge on any atom is 0.220 e. The summed E-state index contributed by atoms with van der Waals surface area (Å²) < 4.78 is 0. The number of carbonyl (C=O) groups excluding carboxylic acids is 1. The standard InChI is InChI=1S/C14H20N4O/c1-3-11-16-10(2)6-12(17-11)18-5-4-14(9-18)7-13(19)15-8-14/h6H,3-5,7-9H2,1-2H3,(H,15,19). The van der Waals surface area contributed by atoms with Gasteiger partial charge in [0, 0.05) is 49.7 Å². The van der Waals surface area contributed by atoms with Crippen molar-refractivity contribution in [1.29, 1.82) is 0 Å². The van der Waals surface area contributed by atoms with Crippen molar-refractivity contribution in [2.24, 2.45) is 5.41 Å². The zero-order valence-electron chi connectivity index (χ0n) is 11.6. The fourth-order valence-corrected chi connectivity index (χ4v) is 3.10. The van der Waals surface area contributed by atoms with E-state index in [1.54, 1.807) is 0 Å². The fraction of sp³-hybridized carbons (Fsp3) is 0.643. The van der Waals surface area contributed by atoms with Gasteiger partial charge in [-0.25, -0.2) is 9.97 Å². The molecule has 2 aliphatic rings.